The number of imide groups is 1. The zero-order valence-corrected chi connectivity index (χ0v) is 9.52. The molecular weight excluding hydrogens is 218 g/mol. The molecule has 90 valence electrons. The molecule has 0 atom stereocenters. The van der Waals surface area contributed by atoms with Gasteiger partial charge in [0.1, 0.15) is 0 Å². The highest BCUT2D eigenvalue weighted by atomic mass is 16.5. The van der Waals surface area contributed by atoms with Crippen LogP contribution in [0.1, 0.15) is 18.4 Å². The molecule has 17 heavy (non-hydrogen) atoms. The van der Waals surface area contributed by atoms with E-state index in [1.165, 1.54) is 0 Å². The molecule has 1 fully saturated rings. The maximum absolute atomic E-state index is 11.1. The average molecular weight is 233 g/mol. The first-order chi connectivity index (χ1) is 8.24. The van der Waals surface area contributed by atoms with E-state index < -0.39 is 0 Å². The first-order valence-electron chi connectivity index (χ1n) is 5.68. The van der Waals surface area contributed by atoms with Crippen molar-refractivity contribution in [3.63, 3.8) is 0 Å². The number of hydrogen-bond donors (Lipinski definition) is 1. The Morgan fingerprint density at radius 1 is 1.12 bits per heavy atom. The van der Waals surface area contributed by atoms with Gasteiger partial charge in [0.15, 0.2) is 0 Å². The zero-order valence-electron chi connectivity index (χ0n) is 9.52. The minimum Gasteiger partial charge on any atom is -0.376 e. The van der Waals surface area contributed by atoms with Gasteiger partial charge in [0.25, 0.3) is 0 Å². The molecule has 1 heterocycles. The molecule has 1 aliphatic rings. The second-order valence-corrected chi connectivity index (χ2v) is 4.25. The Balaban J connectivity index is 1.75. The number of amides is 2. The van der Waals surface area contributed by atoms with E-state index in [0.717, 1.165) is 5.56 Å². The Labute approximate surface area is 100.0 Å². The molecule has 1 N–H and O–H groups in total. The largest absolute Gasteiger partial charge is 0.376 e. The van der Waals surface area contributed by atoms with E-state index in [0.29, 0.717) is 26.1 Å². The number of carbonyl (C=O) groups excluding carboxylic acids is 2. The molecule has 0 saturated carbocycles. The minimum atomic E-state index is -0.199. The lowest BCUT2D eigenvalue weighted by molar-refractivity contribution is -0.135. The quantitative estimate of drug-likeness (QED) is 0.796. The van der Waals surface area contributed by atoms with E-state index in [9.17, 15) is 9.59 Å². The lowest BCUT2D eigenvalue weighted by atomic mass is 9.98. The van der Waals surface area contributed by atoms with E-state index in [4.69, 9.17) is 4.74 Å². The standard InChI is InChI=1S/C13H15NO3/c15-12-6-11(7-13(16)14-12)9-17-8-10-4-2-1-3-5-10/h1-5,11H,6-9H2,(H,14,15,16). The Morgan fingerprint density at radius 3 is 2.41 bits per heavy atom. The number of piperidine rings is 1. The van der Waals surface area contributed by atoms with Crippen LogP contribution in [-0.4, -0.2) is 18.4 Å². The summed E-state index contributed by atoms with van der Waals surface area (Å²) in [7, 11) is 0. The molecule has 0 aliphatic carbocycles. The highest BCUT2D eigenvalue weighted by molar-refractivity contribution is 5.97. The fourth-order valence-electron chi connectivity index (χ4n) is 1.89. The molecular formula is C13H15NO3. The molecule has 0 radical (unpaired) electrons. The minimum absolute atomic E-state index is 0.0139. The predicted molar refractivity (Wildman–Crippen MR) is 62.0 cm³/mol. The summed E-state index contributed by atoms with van der Waals surface area (Å²) in [4.78, 5) is 22.3. The summed E-state index contributed by atoms with van der Waals surface area (Å²) in [6.45, 7) is 0.973. The Morgan fingerprint density at radius 2 is 1.76 bits per heavy atom. The van der Waals surface area contributed by atoms with E-state index in [1.807, 2.05) is 30.3 Å². The molecule has 1 aromatic carbocycles. The van der Waals surface area contributed by atoms with E-state index in [2.05, 4.69) is 5.32 Å². The normalized spacial score (nSPS) is 16.9. The second kappa shape index (κ2) is 5.59. The number of nitrogens with one attached hydrogen (secondary N) is 1. The number of ether oxygens (including phenoxy) is 1. The lowest BCUT2D eigenvalue weighted by Crippen LogP contribution is -2.39. The number of rotatable bonds is 4. The topological polar surface area (TPSA) is 55.4 Å². The van der Waals surface area contributed by atoms with Crippen LogP contribution < -0.4 is 5.32 Å². The Bertz CT molecular complexity index is 386. The lowest BCUT2D eigenvalue weighted by Gasteiger charge is -2.20. The fraction of sp³-hybridized carbons (Fsp3) is 0.385. The molecule has 0 spiro atoms. The van der Waals surface area contributed by atoms with Crippen LogP contribution in [0.5, 0.6) is 0 Å². The molecule has 1 saturated heterocycles. The molecule has 0 unspecified atom stereocenters. The van der Waals surface area contributed by atoms with Gasteiger partial charge in [-0.05, 0) is 11.5 Å². The third kappa shape index (κ3) is 3.67. The highest BCUT2D eigenvalue weighted by Crippen LogP contribution is 2.14. The van der Waals surface area contributed by atoms with Crippen molar-refractivity contribution in [3.8, 4) is 0 Å². The predicted octanol–water partition coefficient (Wildman–Crippen LogP) is 1.26. The van der Waals surface area contributed by atoms with Gasteiger partial charge in [0.05, 0.1) is 13.2 Å². The van der Waals surface area contributed by atoms with Crippen LogP contribution in [0.4, 0.5) is 0 Å². The van der Waals surface area contributed by atoms with E-state index in [1.54, 1.807) is 0 Å². The van der Waals surface area contributed by atoms with Crippen molar-refractivity contribution in [2.24, 2.45) is 5.92 Å². The van der Waals surface area contributed by atoms with Gasteiger partial charge in [-0.15, -0.1) is 0 Å². The van der Waals surface area contributed by atoms with Gasteiger partial charge < -0.3 is 4.74 Å². The molecule has 4 nitrogen and oxygen atoms in total. The van der Waals surface area contributed by atoms with Gasteiger partial charge in [-0.2, -0.15) is 0 Å². The second-order valence-electron chi connectivity index (χ2n) is 4.25. The van der Waals surface area contributed by atoms with Gasteiger partial charge in [-0.25, -0.2) is 0 Å². The van der Waals surface area contributed by atoms with Gasteiger partial charge >= 0.3 is 0 Å². The average Bonchev–Trinajstić information content (AvgIpc) is 2.29. The third-order valence-electron chi connectivity index (χ3n) is 2.69. The summed E-state index contributed by atoms with van der Waals surface area (Å²) in [6.07, 6.45) is 0.751. The monoisotopic (exact) mass is 233 g/mol. The summed E-state index contributed by atoms with van der Waals surface area (Å²) in [5.41, 5.74) is 1.10. The van der Waals surface area contributed by atoms with Crippen LogP contribution in [0.25, 0.3) is 0 Å². The van der Waals surface area contributed by atoms with Gasteiger partial charge in [0.2, 0.25) is 11.8 Å². The fourth-order valence-corrected chi connectivity index (χ4v) is 1.89. The van der Waals surface area contributed by atoms with Crippen molar-refractivity contribution in [2.45, 2.75) is 19.4 Å². The maximum Gasteiger partial charge on any atom is 0.226 e. The van der Waals surface area contributed by atoms with E-state index in [-0.39, 0.29) is 17.7 Å². The van der Waals surface area contributed by atoms with Crippen molar-refractivity contribution in [2.75, 3.05) is 6.61 Å². The smallest absolute Gasteiger partial charge is 0.226 e. The highest BCUT2D eigenvalue weighted by Gasteiger charge is 2.24. The maximum atomic E-state index is 11.1. The molecule has 0 bridgehead atoms. The summed E-state index contributed by atoms with van der Waals surface area (Å²) < 4.78 is 5.52. The first kappa shape index (κ1) is 11.8. The van der Waals surface area contributed by atoms with Crippen LogP contribution >= 0.6 is 0 Å². The van der Waals surface area contributed by atoms with Gasteiger partial charge in [-0.1, -0.05) is 30.3 Å². The first-order valence-corrected chi connectivity index (χ1v) is 5.68. The molecule has 2 rings (SSSR count). The molecule has 1 aliphatic heterocycles. The van der Waals surface area contributed by atoms with Crippen molar-refractivity contribution >= 4 is 11.8 Å². The molecule has 2 amide bonds. The van der Waals surface area contributed by atoms with Crippen LogP contribution in [0.15, 0.2) is 30.3 Å². The van der Waals surface area contributed by atoms with Crippen LogP contribution in [0, 0.1) is 5.92 Å². The van der Waals surface area contributed by atoms with Gasteiger partial charge in [0, 0.05) is 12.8 Å². The number of hydrogen-bond acceptors (Lipinski definition) is 3. The SMILES string of the molecule is O=C1CC(COCc2ccccc2)CC(=O)N1. The molecule has 0 aromatic heterocycles. The number of benzene rings is 1. The summed E-state index contributed by atoms with van der Waals surface area (Å²) in [5.74, 6) is -0.385. The molecule has 1 aromatic rings. The van der Waals surface area contributed by atoms with Crippen molar-refractivity contribution in [1.29, 1.82) is 0 Å². The zero-order chi connectivity index (χ0) is 12.1. The van der Waals surface area contributed by atoms with Crippen molar-refractivity contribution in [1.82, 2.24) is 5.32 Å². The van der Waals surface area contributed by atoms with Crippen molar-refractivity contribution < 1.29 is 14.3 Å². The van der Waals surface area contributed by atoms with Gasteiger partial charge in [-0.3, -0.25) is 14.9 Å². The Kier molecular flexibility index (Phi) is 3.88. The molecule has 4 heteroatoms. The van der Waals surface area contributed by atoms with Crippen molar-refractivity contribution in [3.05, 3.63) is 35.9 Å². The summed E-state index contributed by atoms with van der Waals surface area (Å²) >= 11 is 0. The summed E-state index contributed by atoms with van der Waals surface area (Å²) in [6, 6.07) is 9.83. The van der Waals surface area contributed by atoms with Crippen LogP contribution in [0.3, 0.4) is 0 Å². The van der Waals surface area contributed by atoms with E-state index >= 15 is 0 Å². The van der Waals surface area contributed by atoms with Crippen LogP contribution in [-0.2, 0) is 20.9 Å². The number of carbonyl (C=O) groups is 2. The Hall–Kier alpha value is -1.68. The summed E-state index contributed by atoms with van der Waals surface area (Å²) in [5, 5.41) is 2.28. The third-order valence-corrected chi connectivity index (χ3v) is 2.69. The van der Waals surface area contributed by atoms with Crippen LogP contribution in [0.2, 0.25) is 0 Å².